The van der Waals surface area contributed by atoms with E-state index < -0.39 is 35.9 Å². The normalized spacial score (nSPS) is 15.1. The Morgan fingerprint density at radius 3 is 2.14 bits per heavy atom. The number of amides is 2. The zero-order chi connectivity index (χ0) is 21.4. The van der Waals surface area contributed by atoms with Crippen LogP contribution in [0.3, 0.4) is 0 Å². The van der Waals surface area contributed by atoms with Crippen LogP contribution in [0.2, 0.25) is 0 Å². The van der Waals surface area contributed by atoms with Gasteiger partial charge in [-0.1, -0.05) is 20.3 Å². The fourth-order valence-corrected chi connectivity index (χ4v) is 2.77. The summed E-state index contributed by atoms with van der Waals surface area (Å²) in [5.41, 5.74) is 7.21. The van der Waals surface area contributed by atoms with Gasteiger partial charge in [0.05, 0.1) is 18.7 Å². The molecule has 0 aromatic carbocycles. The van der Waals surface area contributed by atoms with Crippen molar-refractivity contribution in [2.75, 3.05) is 0 Å². The van der Waals surface area contributed by atoms with Crippen molar-refractivity contribution in [3.8, 4) is 0 Å². The summed E-state index contributed by atoms with van der Waals surface area (Å²) in [6.45, 7) is 3.68. The summed E-state index contributed by atoms with van der Waals surface area (Å²) in [4.78, 5) is 50.2. The third-order valence-corrected chi connectivity index (χ3v) is 4.72. The molecule has 7 N–H and O–H groups in total. The minimum Gasteiger partial charge on any atom is -0.480 e. The highest BCUT2D eigenvalue weighted by molar-refractivity contribution is 5.92. The van der Waals surface area contributed by atoms with Gasteiger partial charge < -0.3 is 31.4 Å². The molecule has 0 spiro atoms. The van der Waals surface area contributed by atoms with Gasteiger partial charge in [0.15, 0.2) is 0 Å². The number of nitrogens with two attached hydrogens (primary N) is 1. The first kappa shape index (κ1) is 22.1. The molecule has 0 saturated carbocycles. The van der Waals surface area contributed by atoms with Crippen LogP contribution < -0.4 is 16.4 Å². The van der Waals surface area contributed by atoms with E-state index in [4.69, 9.17) is 5.73 Å². The number of nitrogens with one attached hydrogen (secondary N) is 4. The monoisotopic (exact) mass is 405 g/mol. The number of carbonyl (C=O) groups excluding carboxylic acids is 2. The highest BCUT2D eigenvalue weighted by Crippen LogP contribution is 2.10. The van der Waals surface area contributed by atoms with E-state index in [1.54, 1.807) is 13.1 Å². The van der Waals surface area contributed by atoms with Gasteiger partial charge in [0, 0.05) is 36.6 Å². The van der Waals surface area contributed by atoms with Crippen molar-refractivity contribution in [3.05, 3.63) is 36.4 Å². The molecule has 11 heteroatoms. The molecule has 0 fully saturated rings. The molecule has 29 heavy (non-hydrogen) atoms. The Morgan fingerprint density at radius 1 is 1.07 bits per heavy atom. The Hall–Kier alpha value is -3.21. The Labute approximate surface area is 167 Å². The van der Waals surface area contributed by atoms with E-state index in [-0.39, 0.29) is 18.8 Å². The van der Waals surface area contributed by atoms with E-state index in [1.165, 1.54) is 18.9 Å². The molecule has 11 nitrogen and oxygen atoms in total. The minimum atomic E-state index is -1.18. The van der Waals surface area contributed by atoms with Crippen molar-refractivity contribution in [3.63, 3.8) is 0 Å². The molecule has 0 aliphatic carbocycles. The summed E-state index contributed by atoms with van der Waals surface area (Å²) < 4.78 is 0. The van der Waals surface area contributed by atoms with Gasteiger partial charge in [-0.25, -0.2) is 14.8 Å². The molecule has 2 rings (SSSR count). The van der Waals surface area contributed by atoms with Crippen LogP contribution in [0.5, 0.6) is 0 Å². The number of H-pyrrole nitrogens is 2. The maximum absolute atomic E-state index is 12.8. The van der Waals surface area contributed by atoms with Gasteiger partial charge >= 0.3 is 5.97 Å². The molecule has 0 aliphatic heterocycles. The van der Waals surface area contributed by atoms with Crippen molar-refractivity contribution in [2.45, 2.75) is 51.2 Å². The summed E-state index contributed by atoms with van der Waals surface area (Å²) in [5, 5.41) is 14.6. The first-order valence-electron chi connectivity index (χ1n) is 9.35. The Kier molecular flexibility index (Phi) is 7.89. The summed E-state index contributed by atoms with van der Waals surface area (Å²) in [7, 11) is 0. The van der Waals surface area contributed by atoms with Crippen LogP contribution in [0.15, 0.2) is 25.0 Å². The number of imidazole rings is 2. The van der Waals surface area contributed by atoms with Gasteiger partial charge in [0.25, 0.3) is 0 Å². The Bertz CT molecular complexity index is 791. The average molecular weight is 405 g/mol. The number of rotatable bonds is 11. The van der Waals surface area contributed by atoms with E-state index in [0.29, 0.717) is 17.8 Å². The fraction of sp³-hybridized carbons (Fsp3) is 0.500. The number of nitrogens with zero attached hydrogens (tertiary/aromatic N) is 2. The number of aliphatic carboxylic acids is 1. The molecule has 2 heterocycles. The topological polar surface area (TPSA) is 179 Å². The summed E-state index contributed by atoms with van der Waals surface area (Å²) in [6, 6.07) is -2.95. The number of hydrogen-bond acceptors (Lipinski definition) is 6. The quantitative estimate of drug-likeness (QED) is 0.287. The van der Waals surface area contributed by atoms with Gasteiger partial charge in [-0.15, -0.1) is 0 Å². The van der Waals surface area contributed by atoms with Crippen molar-refractivity contribution < 1.29 is 19.5 Å². The average Bonchev–Trinajstić information content (AvgIpc) is 3.38. The molecular formula is C18H27N7O4. The van der Waals surface area contributed by atoms with Crippen LogP contribution in [0.1, 0.15) is 31.7 Å². The molecule has 0 saturated heterocycles. The lowest BCUT2D eigenvalue weighted by atomic mass is 9.97. The maximum atomic E-state index is 12.8. The highest BCUT2D eigenvalue weighted by atomic mass is 16.4. The van der Waals surface area contributed by atoms with Crippen LogP contribution in [-0.2, 0) is 27.2 Å². The molecule has 0 aliphatic rings. The second-order valence-electron chi connectivity index (χ2n) is 6.94. The Morgan fingerprint density at radius 2 is 1.66 bits per heavy atom. The largest absolute Gasteiger partial charge is 0.480 e. The zero-order valence-corrected chi connectivity index (χ0v) is 16.4. The van der Waals surface area contributed by atoms with Crippen LogP contribution in [0.4, 0.5) is 0 Å². The van der Waals surface area contributed by atoms with Crippen molar-refractivity contribution in [1.29, 1.82) is 0 Å². The maximum Gasteiger partial charge on any atom is 0.326 e. The SMILES string of the molecule is CCC(C)C(NC(=O)C(N)Cc1cnc[nH]1)C(=O)NC(Cc1cnc[nH]1)C(=O)O. The molecule has 2 aromatic rings. The second-order valence-corrected chi connectivity index (χ2v) is 6.94. The van der Waals surface area contributed by atoms with Crippen LogP contribution >= 0.6 is 0 Å². The number of hydrogen-bond donors (Lipinski definition) is 6. The molecule has 158 valence electrons. The van der Waals surface area contributed by atoms with E-state index in [2.05, 4.69) is 30.6 Å². The number of carbonyl (C=O) groups is 3. The van der Waals surface area contributed by atoms with Gasteiger partial charge in [-0.05, 0) is 5.92 Å². The van der Waals surface area contributed by atoms with Crippen LogP contribution in [0, 0.1) is 5.92 Å². The van der Waals surface area contributed by atoms with Crippen molar-refractivity contribution in [1.82, 2.24) is 30.6 Å². The molecule has 4 atom stereocenters. The third-order valence-electron chi connectivity index (χ3n) is 4.72. The fourth-order valence-electron chi connectivity index (χ4n) is 2.77. The highest BCUT2D eigenvalue weighted by Gasteiger charge is 2.31. The first-order chi connectivity index (χ1) is 13.8. The first-order valence-corrected chi connectivity index (χ1v) is 9.35. The lowest BCUT2D eigenvalue weighted by Crippen LogP contribution is -2.57. The van der Waals surface area contributed by atoms with Gasteiger partial charge in [-0.2, -0.15) is 0 Å². The van der Waals surface area contributed by atoms with Crippen molar-refractivity contribution in [2.24, 2.45) is 11.7 Å². The third kappa shape index (κ3) is 6.42. The van der Waals surface area contributed by atoms with Gasteiger partial charge in [0.2, 0.25) is 11.8 Å². The lowest BCUT2D eigenvalue weighted by Gasteiger charge is -2.26. The minimum absolute atomic E-state index is 0.0432. The van der Waals surface area contributed by atoms with Gasteiger partial charge in [-0.3, -0.25) is 9.59 Å². The summed E-state index contributed by atoms with van der Waals surface area (Å²) in [5.74, 6) is -2.48. The number of aromatic amines is 2. The Balaban J connectivity index is 2.04. The molecule has 2 amide bonds. The lowest BCUT2D eigenvalue weighted by molar-refractivity contribution is -0.142. The van der Waals surface area contributed by atoms with E-state index in [1.807, 2.05) is 6.92 Å². The van der Waals surface area contributed by atoms with Gasteiger partial charge in [0.1, 0.15) is 12.1 Å². The van der Waals surface area contributed by atoms with Crippen LogP contribution in [-0.4, -0.2) is 61.0 Å². The molecule has 2 aromatic heterocycles. The summed E-state index contributed by atoms with van der Waals surface area (Å²) >= 11 is 0. The second kappa shape index (κ2) is 10.4. The molecule has 0 radical (unpaired) electrons. The smallest absolute Gasteiger partial charge is 0.326 e. The van der Waals surface area contributed by atoms with E-state index >= 15 is 0 Å². The molecular weight excluding hydrogens is 378 g/mol. The standard InChI is InChI=1S/C18H27N7O4/c1-3-10(2)15(25-16(26)13(19)4-11-6-20-8-22-11)17(27)24-14(18(28)29)5-12-7-21-9-23-12/h6-10,13-15H,3-5,19H2,1-2H3,(H,20,22)(H,21,23)(H,24,27)(H,25,26)(H,28,29). The van der Waals surface area contributed by atoms with E-state index in [9.17, 15) is 19.5 Å². The predicted octanol–water partition coefficient (Wildman–Crippen LogP) is -0.654. The van der Waals surface area contributed by atoms with Crippen molar-refractivity contribution >= 4 is 17.8 Å². The molecule has 0 bridgehead atoms. The molecule has 4 unspecified atom stereocenters. The summed E-state index contributed by atoms with van der Waals surface area (Å²) in [6.07, 6.45) is 6.86. The zero-order valence-electron chi connectivity index (χ0n) is 16.4. The van der Waals surface area contributed by atoms with Crippen LogP contribution in [0.25, 0.3) is 0 Å². The number of carboxylic acid groups (broad SMARTS) is 1. The number of carboxylic acids is 1. The van der Waals surface area contributed by atoms with E-state index in [0.717, 1.165) is 0 Å². The number of aromatic nitrogens is 4. The predicted molar refractivity (Wildman–Crippen MR) is 104 cm³/mol.